The highest BCUT2D eigenvalue weighted by molar-refractivity contribution is 7.17. The third kappa shape index (κ3) is 3.04. The van der Waals surface area contributed by atoms with E-state index in [0.717, 1.165) is 28.0 Å². The van der Waals surface area contributed by atoms with Crippen LogP contribution in [-0.2, 0) is 6.54 Å². The normalized spacial score (nSPS) is 11.1. The number of hydrogen-bond acceptors (Lipinski definition) is 4. The molecule has 5 rings (SSSR count). The van der Waals surface area contributed by atoms with Crippen LogP contribution in [0.15, 0.2) is 72.4 Å². The van der Waals surface area contributed by atoms with Crippen LogP contribution in [0.4, 0.5) is 0 Å². The molecule has 2 aromatic carbocycles. The lowest BCUT2D eigenvalue weighted by molar-refractivity contribution is 0.0949. The number of benzene rings is 2. The summed E-state index contributed by atoms with van der Waals surface area (Å²) >= 11 is 1.69. The van der Waals surface area contributed by atoms with E-state index in [1.165, 1.54) is 10.1 Å². The summed E-state index contributed by atoms with van der Waals surface area (Å²) in [6.07, 6.45) is 3.39. The molecule has 0 spiro atoms. The number of H-pyrrole nitrogens is 1. The van der Waals surface area contributed by atoms with Crippen molar-refractivity contribution in [2.75, 3.05) is 0 Å². The molecule has 0 radical (unpaired) electrons. The van der Waals surface area contributed by atoms with Gasteiger partial charge in [0.15, 0.2) is 0 Å². The third-order valence-electron chi connectivity index (χ3n) is 4.65. The maximum absolute atomic E-state index is 12.6. The quantitative estimate of drug-likeness (QED) is 0.469. The number of carbonyl (C=O) groups is 1. The van der Waals surface area contributed by atoms with Gasteiger partial charge < -0.3 is 10.3 Å². The van der Waals surface area contributed by atoms with Crippen molar-refractivity contribution in [2.24, 2.45) is 0 Å². The maximum atomic E-state index is 12.6. The number of aromatic amines is 1. The van der Waals surface area contributed by atoms with E-state index in [1.807, 2.05) is 42.5 Å². The number of nitrogens with zero attached hydrogens (tertiary/aromatic N) is 2. The van der Waals surface area contributed by atoms with Crippen molar-refractivity contribution in [3.63, 3.8) is 0 Å². The first-order chi connectivity index (χ1) is 13.8. The van der Waals surface area contributed by atoms with E-state index in [4.69, 9.17) is 0 Å². The van der Waals surface area contributed by atoms with Gasteiger partial charge in [-0.25, -0.2) is 4.98 Å². The molecule has 2 N–H and O–H groups in total. The van der Waals surface area contributed by atoms with Crippen LogP contribution in [0.5, 0.6) is 0 Å². The van der Waals surface area contributed by atoms with Crippen LogP contribution in [0.1, 0.15) is 16.2 Å². The van der Waals surface area contributed by atoms with Gasteiger partial charge in [0, 0.05) is 33.6 Å². The van der Waals surface area contributed by atoms with E-state index in [2.05, 4.69) is 37.8 Å². The standard InChI is InChI=1S/C22H16N4OS/c27-22(24-12-21-25-18-6-2-3-7-19(18)26-21)15-9-14(10-23-11-15)17-13-28-20-8-4-1-5-16(17)20/h1-11,13H,12H2,(H,24,27)(H,25,26). The number of rotatable bonds is 4. The van der Waals surface area contributed by atoms with Crippen LogP contribution in [0.2, 0.25) is 0 Å². The van der Waals surface area contributed by atoms with Gasteiger partial charge in [0.05, 0.1) is 23.1 Å². The van der Waals surface area contributed by atoms with Crippen LogP contribution in [0.25, 0.3) is 32.2 Å². The number of imidazole rings is 1. The minimum atomic E-state index is -0.172. The molecule has 3 heterocycles. The molecular weight excluding hydrogens is 368 g/mol. The number of fused-ring (bicyclic) bond motifs is 2. The number of thiophene rings is 1. The van der Waals surface area contributed by atoms with E-state index in [9.17, 15) is 4.79 Å². The predicted octanol–water partition coefficient (Wildman–Crippen LogP) is 4.77. The van der Waals surface area contributed by atoms with Gasteiger partial charge in [-0.1, -0.05) is 30.3 Å². The van der Waals surface area contributed by atoms with Gasteiger partial charge in [0.1, 0.15) is 5.82 Å². The Bertz CT molecular complexity index is 1270. The summed E-state index contributed by atoms with van der Waals surface area (Å²) in [4.78, 5) is 24.6. The van der Waals surface area contributed by atoms with Crippen molar-refractivity contribution in [3.8, 4) is 11.1 Å². The molecule has 0 unspecified atom stereocenters. The highest BCUT2D eigenvalue weighted by atomic mass is 32.1. The van der Waals surface area contributed by atoms with E-state index in [-0.39, 0.29) is 5.91 Å². The Morgan fingerprint density at radius 3 is 2.86 bits per heavy atom. The minimum Gasteiger partial charge on any atom is -0.345 e. The van der Waals surface area contributed by atoms with Crippen LogP contribution in [0.3, 0.4) is 0 Å². The van der Waals surface area contributed by atoms with Gasteiger partial charge in [-0.3, -0.25) is 9.78 Å². The van der Waals surface area contributed by atoms with Crippen molar-refractivity contribution in [1.82, 2.24) is 20.3 Å². The Hall–Kier alpha value is -3.51. The average molecular weight is 384 g/mol. The monoisotopic (exact) mass is 384 g/mol. The van der Waals surface area contributed by atoms with Gasteiger partial charge in [-0.15, -0.1) is 11.3 Å². The smallest absolute Gasteiger partial charge is 0.253 e. The summed E-state index contributed by atoms with van der Waals surface area (Å²) in [7, 11) is 0. The van der Waals surface area contributed by atoms with Crippen molar-refractivity contribution < 1.29 is 4.79 Å². The fourth-order valence-electron chi connectivity index (χ4n) is 3.27. The summed E-state index contributed by atoms with van der Waals surface area (Å²) in [6.45, 7) is 0.332. The van der Waals surface area contributed by atoms with Crippen LogP contribution in [-0.4, -0.2) is 20.9 Å². The van der Waals surface area contributed by atoms with Gasteiger partial charge in [-0.2, -0.15) is 0 Å². The van der Waals surface area contributed by atoms with Crippen LogP contribution < -0.4 is 5.32 Å². The average Bonchev–Trinajstić information content (AvgIpc) is 3.36. The van der Waals surface area contributed by atoms with Crippen LogP contribution in [0, 0.1) is 0 Å². The number of hydrogen-bond donors (Lipinski definition) is 2. The highest BCUT2D eigenvalue weighted by Crippen LogP contribution is 2.33. The number of amides is 1. The lowest BCUT2D eigenvalue weighted by Gasteiger charge is -2.05. The predicted molar refractivity (Wildman–Crippen MR) is 112 cm³/mol. The van der Waals surface area contributed by atoms with Crippen molar-refractivity contribution in [3.05, 3.63) is 83.8 Å². The van der Waals surface area contributed by atoms with E-state index in [0.29, 0.717) is 12.1 Å². The first-order valence-electron chi connectivity index (χ1n) is 8.91. The topological polar surface area (TPSA) is 70.7 Å². The summed E-state index contributed by atoms with van der Waals surface area (Å²) in [5, 5.41) is 6.20. The Morgan fingerprint density at radius 1 is 1.07 bits per heavy atom. The lowest BCUT2D eigenvalue weighted by atomic mass is 10.0. The zero-order valence-electron chi connectivity index (χ0n) is 14.8. The summed E-state index contributed by atoms with van der Waals surface area (Å²) in [5.74, 6) is 0.553. The lowest BCUT2D eigenvalue weighted by Crippen LogP contribution is -2.23. The molecule has 0 saturated heterocycles. The van der Waals surface area contributed by atoms with Gasteiger partial charge in [0.25, 0.3) is 5.91 Å². The Morgan fingerprint density at radius 2 is 1.93 bits per heavy atom. The Labute approximate surface area is 165 Å². The van der Waals surface area contributed by atoms with Gasteiger partial charge >= 0.3 is 0 Å². The van der Waals surface area contributed by atoms with Gasteiger partial charge in [-0.05, 0) is 29.6 Å². The molecule has 0 saturated carbocycles. The van der Waals surface area contributed by atoms with Crippen molar-refractivity contribution in [1.29, 1.82) is 0 Å². The highest BCUT2D eigenvalue weighted by Gasteiger charge is 2.11. The molecule has 0 aliphatic heterocycles. The van der Waals surface area contributed by atoms with Crippen molar-refractivity contribution >= 4 is 38.4 Å². The second kappa shape index (κ2) is 6.90. The molecule has 0 atom stereocenters. The number of aromatic nitrogens is 3. The molecular formula is C22H16N4OS. The summed E-state index contributed by atoms with van der Waals surface area (Å²) in [6, 6.07) is 17.9. The number of pyridine rings is 1. The number of para-hydroxylation sites is 2. The molecule has 6 heteroatoms. The molecule has 5 nitrogen and oxygen atoms in total. The van der Waals surface area contributed by atoms with E-state index < -0.39 is 0 Å². The first kappa shape index (κ1) is 16.6. The Kier molecular flexibility index (Phi) is 4.10. The second-order valence-electron chi connectivity index (χ2n) is 6.49. The second-order valence-corrected chi connectivity index (χ2v) is 7.40. The molecule has 0 fully saturated rings. The summed E-state index contributed by atoms with van der Waals surface area (Å²) < 4.78 is 1.22. The van der Waals surface area contributed by atoms with Gasteiger partial charge in [0.2, 0.25) is 0 Å². The Balaban J connectivity index is 1.37. The number of carbonyl (C=O) groups excluding carboxylic acids is 1. The van der Waals surface area contributed by atoms with Crippen molar-refractivity contribution in [2.45, 2.75) is 6.54 Å². The molecule has 0 bridgehead atoms. The molecule has 1 amide bonds. The van der Waals surface area contributed by atoms with E-state index in [1.54, 1.807) is 23.7 Å². The molecule has 28 heavy (non-hydrogen) atoms. The SMILES string of the molecule is O=C(NCc1nc2ccccc2[nH]1)c1cncc(-c2csc3ccccc23)c1. The van der Waals surface area contributed by atoms with Crippen LogP contribution >= 0.6 is 11.3 Å². The molecule has 136 valence electrons. The fraction of sp³-hybridized carbons (Fsp3) is 0.0455. The molecule has 5 aromatic rings. The molecule has 3 aromatic heterocycles. The zero-order chi connectivity index (χ0) is 18.9. The molecule has 0 aliphatic carbocycles. The molecule has 0 aliphatic rings. The number of nitrogens with one attached hydrogen (secondary N) is 2. The first-order valence-corrected chi connectivity index (χ1v) is 9.79. The maximum Gasteiger partial charge on any atom is 0.253 e. The summed E-state index contributed by atoms with van der Waals surface area (Å²) in [5.41, 5.74) is 4.41. The third-order valence-corrected chi connectivity index (χ3v) is 5.61. The minimum absolute atomic E-state index is 0.172. The zero-order valence-corrected chi connectivity index (χ0v) is 15.7. The van der Waals surface area contributed by atoms with E-state index >= 15 is 0 Å². The fourth-order valence-corrected chi connectivity index (χ4v) is 4.24. The largest absolute Gasteiger partial charge is 0.345 e.